The van der Waals surface area contributed by atoms with Crippen LogP contribution >= 0.6 is 15.9 Å². The summed E-state index contributed by atoms with van der Waals surface area (Å²) in [6, 6.07) is 4.58. The Morgan fingerprint density at radius 1 is 1.44 bits per heavy atom. The number of benzene rings is 1. The average molecular weight is 336 g/mol. The van der Waals surface area contributed by atoms with E-state index in [1.54, 1.807) is 12.1 Å². The van der Waals surface area contributed by atoms with Crippen LogP contribution in [0.15, 0.2) is 27.6 Å². The van der Waals surface area contributed by atoms with Crippen molar-refractivity contribution in [3.05, 3.63) is 22.7 Å². The molecule has 0 spiro atoms. The van der Waals surface area contributed by atoms with Gasteiger partial charge >= 0.3 is 0 Å². The van der Waals surface area contributed by atoms with Crippen LogP contribution in [0.2, 0.25) is 0 Å². The molecule has 1 unspecified atom stereocenters. The van der Waals surface area contributed by atoms with Crippen LogP contribution < -0.4 is 10.5 Å². The minimum atomic E-state index is -3.59. The van der Waals surface area contributed by atoms with Crippen molar-refractivity contribution in [1.82, 2.24) is 9.62 Å². The Balaban J connectivity index is 2.96. The number of hydrogen-bond donors (Lipinski definition) is 2. The van der Waals surface area contributed by atoms with Gasteiger partial charge in [-0.25, -0.2) is 13.1 Å². The highest BCUT2D eigenvalue weighted by Gasteiger charge is 2.20. The lowest BCUT2D eigenvalue weighted by atomic mass is 10.3. The van der Waals surface area contributed by atoms with Crippen LogP contribution in [-0.4, -0.2) is 40.0 Å². The Kier molecular flexibility index (Phi) is 5.15. The van der Waals surface area contributed by atoms with Crippen molar-refractivity contribution in [2.45, 2.75) is 17.9 Å². The molecular formula is C11H18BrN3O2S. The molecule has 0 fully saturated rings. The van der Waals surface area contributed by atoms with E-state index in [4.69, 9.17) is 5.73 Å². The van der Waals surface area contributed by atoms with Crippen LogP contribution in [0.4, 0.5) is 5.69 Å². The number of likely N-dealkylation sites (N-methyl/N-ethyl adjacent to an activating group) is 1. The third-order valence-corrected chi connectivity index (χ3v) is 4.40. The third-order valence-electron chi connectivity index (χ3n) is 2.26. The summed E-state index contributed by atoms with van der Waals surface area (Å²) >= 11 is 3.24. The smallest absolute Gasteiger partial charge is 0.242 e. The molecule has 1 aromatic rings. The van der Waals surface area contributed by atoms with E-state index in [-0.39, 0.29) is 16.6 Å². The summed E-state index contributed by atoms with van der Waals surface area (Å²) in [4.78, 5) is 2.01. The first-order chi connectivity index (χ1) is 8.22. The van der Waals surface area contributed by atoms with Crippen molar-refractivity contribution in [2.24, 2.45) is 0 Å². The number of rotatable bonds is 5. The molecule has 0 radical (unpaired) electrons. The van der Waals surface area contributed by atoms with Gasteiger partial charge in [0.25, 0.3) is 0 Å². The lowest BCUT2D eigenvalue weighted by Gasteiger charge is -2.19. The molecule has 18 heavy (non-hydrogen) atoms. The van der Waals surface area contributed by atoms with Crippen molar-refractivity contribution >= 4 is 31.6 Å². The SMILES string of the molecule is CC(CN(C)C)NS(=O)(=O)c1cc(Br)ccc1N. The highest BCUT2D eigenvalue weighted by atomic mass is 79.9. The number of hydrogen-bond acceptors (Lipinski definition) is 4. The molecule has 1 aromatic carbocycles. The molecule has 0 aliphatic rings. The Bertz CT molecular complexity index is 517. The number of nitrogens with two attached hydrogens (primary N) is 1. The van der Waals surface area contributed by atoms with Gasteiger partial charge in [-0.3, -0.25) is 0 Å². The molecule has 0 heterocycles. The third kappa shape index (κ3) is 4.24. The summed E-state index contributed by atoms with van der Waals surface area (Å²) in [5.41, 5.74) is 5.94. The topological polar surface area (TPSA) is 75.4 Å². The second-order valence-electron chi connectivity index (χ2n) is 4.47. The van der Waals surface area contributed by atoms with E-state index in [9.17, 15) is 8.42 Å². The highest BCUT2D eigenvalue weighted by Crippen LogP contribution is 2.22. The maximum atomic E-state index is 12.2. The molecule has 0 aromatic heterocycles. The van der Waals surface area contributed by atoms with Crippen LogP contribution in [0.3, 0.4) is 0 Å². The van der Waals surface area contributed by atoms with Gasteiger partial charge < -0.3 is 10.6 Å². The molecule has 1 rings (SSSR count). The predicted octanol–water partition coefficient (Wildman–Crippen LogP) is 1.26. The number of anilines is 1. The molecule has 0 aliphatic heterocycles. The van der Waals surface area contributed by atoms with Crippen molar-refractivity contribution in [1.29, 1.82) is 0 Å². The average Bonchev–Trinajstić information content (AvgIpc) is 2.19. The van der Waals surface area contributed by atoms with Gasteiger partial charge in [0, 0.05) is 17.1 Å². The molecule has 0 saturated carbocycles. The zero-order valence-electron chi connectivity index (χ0n) is 10.6. The van der Waals surface area contributed by atoms with Crippen molar-refractivity contribution < 1.29 is 8.42 Å². The van der Waals surface area contributed by atoms with E-state index in [0.29, 0.717) is 11.0 Å². The number of nitrogens with zero attached hydrogens (tertiary/aromatic N) is 1. The second-order valence-corrected chi connectivity index (χ2v) is 7.06. The normalized spacial score (nSPS) is 13.8. The molecule has 3 N–H and O–H groups in total. The Labute approximate surface area is 117 Å². The number of nitrogens with one attached hydrogen (secondary N) is 1. The molecule has 0 saturated heterocycles. The fourth-order valence-electron chi connectivity index (χ4n) is 1.65. The first-order valence-electron chi connectivity index (χ1n) is 5.44. The Morgan fingerprint density at radius 3 is 2.61 bits per heavy atom. The van der Waals surface area contributed by atoms with Crippen molar-refractivity contribution in [2.75, 3.05) is 26.4 Å². The van der Waals surface area contributed by atoms with Gasteiger partial charge in [-0.2, -0.15) is 0 Å². The summed E-state index contributed by atoms with van der Waals surface area (Å²) in [5.74, 6) is 0. The fourth-order valence-corrected chi connectivity index (χ4v) is 3.56. The van der Waals surface area contributed by atoms with Gasteiger partial charge in [0.2, 0.25) is 10.0 Å². The largest absolute Gasteiger partial charge is 0.398 e. The lowest BCUT2D eigenvalue weighted by Crippen LogP contribution is -2.39. The zero-order chi connectivity index (χ0) is 13.9. The first kappa shape index (κ1) is 15.4. The van der Waals surface area contributed by atoms with E-state index in [1.807, 2.05) is 25.9 Å². The molecule has 0 aliphatic carbocycles. The zero-order valence-corrected chi connectivity index (χ0v) is 13.0. The molecule has 7 heteroatoms. The van der Waals surface area contributed by atoms with Gasteiger partial charge in [0.05, 0.1) is 5.69 Å². The lowest BCUT2D eigenvalue weighted by molar-refractivity contribution is 0.370. The maximum Gasteiger partial charge on any atom is 0.242 e. The maximum absolute atomic E-state index is 12.2. The highest BCUT2D eigenvalue weighted by molar-refractivity contribution is 9.10. The molecule has 0 bridgehead atoms. The summed E-state index contributed by atoms with van der Waals surface area (Å²) in [6.07, 6.45) is 0. The minimum absolute atomic E-state index is 0.0995. The predicted molar refractivity (Wildman–Crippen MR) is 76.9 cm³/mol. The Morgan fingerprint density at radius 2 is 2.06 bits per heavy atom. The van der Waals surface area contributed by atoms with Gasteiger partial charge in [-0.1, -0.05) is 15.9 Å². The summed E-state index contributed by atoms with van der Waals surface area (Å²) in [6.45, 7) is 2.43. The molecule has 1 atom stereocenters. The molecular weight excluding hydrogens is 318 g/mol. The van der Waals surface area contributed by atoms with E-state index in [0.717, 1.165) is 0 Å². The van der Waals surface area contributed by atoms with Crippen LogP contribution in [0.5, 0.6) is 0 Å². The molecule has 102 valence electrons. The fraction of sp³-hybridized carbons (Fsp3) is 0.455. The van der Waals surface area contributed by atoms with E-state index < -0.39 is 10.0 Å². The molecule has 5 nitrogen and oxygen atoms in total. The van der Waals surface area contributed by atoms with E-state index in [2.05, 4.69) is 20.7 Å². The first-order valence-corrected chi connectivity index (χ1v) is 7.72. The van der Waals surface area contributed by atoms with Gasteiger partial charge in [-0.05, 0) is 39.2 Å². The monoisotopic (exact) mass is 335 g/mol. The minimum Gasteiger partial charge on any atom is -0.398 e. The Hall–Kier alpha value is -0.630. The van der Waals surface area contributed by atoms with E-state index >= 15 is 0 Å². The quantitative estimate of drug-likeness (QED) is 0.794. The summed E-state index contributed by atoms with van der Waals surface area (Å²) < 4.78 is 27.6. The number of sulfonamides is 1. The van der Waals surface area contributed by atoms with Crippen LogP contribution in [0.1, 0.15) is 6.92 Å². The van der Waals surface area contributed by atoms with Gasteiger partial charge in [0.15, 0.2) is 0 Å². The standard InChI is InChI=1S/C11H18BrN3O2S/c1-8(7-15(2)3)14-18(16,17)11-6-9(12)4-5-10(11)13/h4-6,8,14H,7,13H2,1-3H3. The van der Waals surface area contributed by atoms with Crippen LogP contribution in [0, 0.1) is 0 Å². The van der Waals surface area contributed by atoms with Crippen molar-refractivity contribution in [3.8, 4) is 0 Å². The second kappa shape index (κ2) is 6.01. The van der Waals surface area contributed by atoms with E-state index in [1.165, 1.54) is 6.07 Å². The van der Waals surface area contributed by atoms with Gasteiger partial charge in [-0.15, -0.1) is 0 Å². The van der Waals surface area contributed by atoms with Gasteiger partial charge in [0.1, 0.15) is 4.90 Å². The van der Waals surface area contributed by atoms with Crippen LogP contribution in [0.25, 0.3) is 0 Å². The van der Waals surface area contributed by atoms with Crippen LogP contribution in [-0.2, 0) is 10.0 Å². The number of halogens is 1. The summed E-state index contributed by atoms with van der Waals surface area (Å²) in [7, 11) is 0.184. The van der Waals surface area contributed by atoms with Crippen molar-refractivity contribution in [3.63, 3.8) is 0 Å². The number of nitrogen functional groups attached to an aromatic ring is 1. The molecule has 0 amide bonds. The summed E-state index contributed by atoms with van der Waals surface area (Å²) in [5, 5.41) is 0.